The summed E-state index contributed by atoms with van der Waals surface area (Å²) in [4.78, 5) is 0. The number of hydrogen-bond acceptors (Lipinski definition) is 1. The summed E-state index contributed by atoms with van der Waals surface area (Å²) < 4.78 is 13.5. The van der Waals surface area contributed by atoms with Crippen LogP contribution in [0.15, 0.2) is 18.2 Å². The third-order valence-corrected chi connectivity index (χ3v) is 3.14. The Bertz CT molecular complexity index is 349. The Labute approximate surface area is 94.4 Å². The van der Waals surface area contributed by atoms with E-state index in [1.54, 1.807) is 18.2 Å². The van der Waals surface area contributed by atoms with Crippen LogP contribution in [0.3, 0.4) is 0 Å². The second-order valence-corrected chi connectivity index (χ2v) is 4.76. The standard InChI is InChI=1S/C12H15ClFN/c13-11-3-1-2-9(12(11)14)7-10(15)6-8-4-5-8/h1-3,8,10H,4-7,15H2. The van der Waals surface area contributed by atoms with Gasteiger partial charge in [-0.25, -0.2) is 4.39 Å². The Kier molecular flexibility index (Phi) is 3.27. The molecular weight excluding hydrogens is 213 g/mol. The van der Waals surface area contributed by atoms with E-state index >= 15 is 0 Å². The highest BCUT2D eigenvalue weighted by atomic mass is 35.5. The van der Waals surface area contributed by atoms with Gasteiger partial charge in [0.15, 0.2) is 0 Å². The summed E-state index contributed by atoms with van der Waals surface area (Å²) in [6.45, 7) is 0. The van der Waals surface area contributed by atoms with Crippen LogP contribution in [0, 0.1) is 11.7 Å². The van der Waals surface area contributed by atoms with Gasteiger partial charge in [0.05, 0.1) is 5.02 Å². The maximum Gasteiger partial charge on any atom is 0.145 e. The van der Waals surface area contributed by atoms with E-state index in [1.165, 1.54) is 12.8 Å². The zero-order chi connectivity index (χ0) is 10.8. The van der Waals surface area contributed by atoms with Crippen LogP contribution in [0.1, 0.15) is 24.8 Å². The molecule has 0 aliphatic heterocycles. The van der Waals surface area contributed by atoms with Crippen LogP contribution in [0.25, 0.3) is 0 Å². The van der Waals surface area contributed by atoms with Gasteiger partial charge in [-0.15, -0.1) is 0 Å². The number of rotatable bonds is 4. The molecule has 0 spiro atoms. The molecule has 1 saturated carbocycles. The fourth-order valence-electron chi connectivity index (χ4n) is 1.85. The van der Waals surface area contributed by atoms with Gasteiger partial charge in [-0.2, -0.15) is 0 Å². The Morgan fingerprint density at radius 2 is 2.20 bits per heavy atom. The molecule has 1 atom stereocenters. The summed E-state index contributed by atoms with van der Waals surface area (Å²) in [7, 11) is 0. The lowest BCUT2D eigenvalue weighted by atomic mass is 10.0. The quantitative estimate of drug-likeness (QED) is 0.840. The molecule has 0 heterocycles. The minimum atomic E-state index is -0.314. The lowest BCUT2D eigenvalue weighted by molar-refractivity contribution is 0.542. The highest BCUT2D eigenvalue weighted by Gasteiger charge is 2.24. The van der Waals surface area contributed by atoms with E-state index in [2.05, 4.69) is 0 Å². The average Bonchev–Trinajstić information content (AvgIpc) is 2.97. The van der Waals surface area contributed by atoms with Gasteiger partial charge in [-0.05, 0) is 30.4 Å². The van der Waals surface area contributed by atoms with Crippen LogP contribution in [-0.4, -0.2) is 6.04 Å². The first kappa shape index (κ1) is 10.9. The van der Waals surface area contributed by atoms with Crippen molar-refractivity contribution in [1.82, 2.24) is 0 Å². The molecule has 1 aromatic rings. The summed E-state index contributed by atoms with van der Waals surface area (Å²) in [5.74, 6) is 0.465. The summed E-state index contributed by atoms with van der Waals surface area (Å²) in [6.07, 6.45) is 4.16. The van der Waals surface area contributed by atoms with Crippen LogP contribution in [-0.2, 0) is 6.42 Å². The first-order chi connectivity index (χ1) is 7.16. The van der Waals surface area contributed by atoms with Crippen LogP contribution in [0.5, 0.6) is 0 Å². The van der Waals surface area contributed by atoms with E-state index < -0.39 is 0 Å². The molecule has 0 amide bonds. The van der Waals surface area contributed by atoms with Crippen molar-refractivity contribution in [1.29, 1.82) is 0 Å². The van der Waals surface area contributed by atoms with Gasteiger partial charge >= 0.3 is 0 Å². The maximum atomic E-state index is 13.5. The monoisotopic (exact) mass is 227 g/mol. The molecule has 2 rings (SSSR count). The van der Waals surface area contributed by atoms with Crippen molar-refractivity contribution in [3.05, 3.63) is 34.6 Å². The minimum absolute atomic E-state index is 0.0606. The van der Waals surface area contributed by atoms with Gasteiger partial charge in [0.25, 0.3) is 0 Å². The number of benzene rings is 1. The fraction of sp³-hybridized carbons (Fsp3) is 0.500. The van der Waals surface area contributed by atoms with E-state index in [0.717, 1.165) is 12.3 Å². The van der Waals surface area contributed by atoms with E-state index in [4.69, 9.17) is 17.3 Å². The molecule has 1 fully saturated rings. The number of halogens is 2. The molecule has 0 saturated heterocycles. The van der Waals surface area contributed by atoms with Gasteiger partial charge in [0.1, 0.15) is 5.82 Å². The number of nitrogens with two attached hydrogens (primary N) is 1. The zero-order valence-electron chi connectivity index (χ0n) is 8.55. The molecule has 15 heavy (non-hydrogen) atoms. The van der Waals surface area contributed by atoms with Crippen molar-refractivity contribution >= 4 is 11.6 Å². The average molecular weight is 228 g/mol. The van der Waals surface area contributed by atoms with Gasteiger partial charge in [0.2, 0.25) is 0 Å². The first-order valence-electron chi connectivity index (χ1n) is 5.35. The van der Waals surface area contributed by atoms with E-state index in [0.29, 0.717) is 12.0 Å². The highest BCUT2D eigenvalue weighted by Crippen LogP contribution is 2.33. The smallest absolute Gasteiger partial charge is 0.145 e. The van der Waals surface area contributed by atoms with Crippen LogP contribution in [0.4, 0.5) is 4.39 Å². The van der Waals surface area contributed by atoms with Gasteiger partial charge in [0, 0.05) is 6.04 Å². The lowest BCUT2D eigenvalue weighted by Gasteiger charge is -2.11. The van der Waals surface area contributed by atoms with E-state index in [1.807, 2.05) is 0 Å². The molecule has 0 bridgehead atoms. The van der Waals surface area contributed by atoms with E-state index in [-0.39, 0.29) is 16.9 Å². The van der Waals surface area contributed by atoms with Crippen LogP contribution < -0.4 is 5.73 Å². The Balaban J connectivity index is 1.99. The molecule has 2 N–H and O–H groups in total. The summed E-state index contributed by atoms with van der Waals surface area (Å²) in [5.41, 5.74) is 6.59. The predicted molar refractivity (Wildman–Crippen MR) is 60.4 cm³/mol. The second-order valence-electron chi connectivity index (χ2n) is 4.36. The van der Waals surface area contributed by atoms with Crippen molar-refractivity contribution in [2.45, 2.75) is 31.7 Å². The lowest BCUT2D eigenvalue weighted by Crippen LogP contribution is -2.23. The Morgan fingerprint density at radius 1 is 1.47 bits per heavy atom. The molecule has 3 heteroatoms. The molecule has 1 nitrogen and oxygen atoms in total. The molecule has 1 aliphatic rings. The van der Waals surface area contributed by atoms with Crippen molar-refractivity contribution in [3.8, 4) is 0 Å². The Hall–Kier alpha value is -0.600. The summed E-state index contributed by atoms with van der Waals surface area (Å²) in [6, 6.07) is 5.15. The van der Waals surface area contributed by atoms with Crippen LogP contribution >= 0.6 is 11.6 Å². The third kappa shape index (κ3) is 2.93. The molecule has 1 aromatic carbocycles. The van der Waals surface area contributed by atoms with Gasteiger partial charge in [-0.1, -0.05) is 36.6 Å². The molecular formula is C12H15ClFN. The van der Waals surface area contributed by atoms with Gasteiger partial charge < -0.3 is 5.73 Å². The van der Waals surface area contributed by atoms with E-state index in [9.17, 15) is 4.39 Å². The zero-order valence-corrected chi connectivity index (χ0v) is 9.30. The first-order valence-corrected chi connectivity index (χ1v) is 5.73. The predicted octanol–water partition coefficient (Wildman–Crippen LogP) is 3.15. The summed E-state index contributed by atoms with van der Waals surface area (Å²) >= 11 is 5.70. The van der Waals surface area contributed by atoms with Crippen molar-refractivity contribution in [2.24, 2.45) is 11.7 Å². The third-order valence-electron chi connectivity index (χ3n) is 2.85. The molecule has 1 unspecified atom stereocenters. The van der Waals surface area contributed by atoms with Crippen molar-refractivity contribution in [2.75, 3.05) is 0 Å². The molecule has 82 valence electrons. The normalized spacial score (nSPS) is 17.8. The fourth-order valence-corrected chi connectivity index (χ4v) is 2.05. The topological polar surface area (TPSA) is 26.0 Å². The van der Waals surface area contributed by atoms with Gasteiger partial charge in [-0.3, -0.25) is 0 Å². The van der Waals surface area contributed by atoms with Crippen molar-refractivity contribution < 1.29 is 4.39 Å². The summed E-state index contributed by atoms with van der Waals surface area (Å²) in [5, 5.41) is 0.186. The Morgan fingerprint density at radius 3 is 2.87 bits per heavy atom. The molecule has 1 aliphatic carbocycles. The second kappa shape index (κ2) is 4.50. The highest BCUT2D eigenvalue weighted by molar-refractivity contribution is 6.30. The minimum Gasteiger partial charge on any atom is -0.327 e. The largest absolute Gasteiger partial charge is 0.327 e. The SMILES string of the molecule is NC(Cc1cccc(Cl)c1F)CC1CC1. The van der Waals surface area contributed by atoms with Crippen molar-refractivity contribution in [3.63, 3.8) is 0 Å². The molecule has 0 radical (unpaired) electrons. The molecule has 0 aromatic heterocycles. The van der Waals surface area contributed by atoms with Crippen LogP contribution in [0.2, 0.25) is 5.02 Å². The number of hydrogen-bond donors (Lipinski definition) is 1. The maximum absolute atomic E-state index is 13.5.